The van der Waals surface area contributed by atoms with E-state index in [1.807, 2.05) is 42.5 Å². The van der Waals surface area contributed by atoms with Gasteiger partial charge in [-0.3, -0.25) is 0 Å². The Bertz CT molecular complexity index is 482. The Balaban J connectivity index is 1.71. The second-order valence-electron chi connectivity index (χ2n) is 4.54. The van der Waals surface area contributed by atoms with Crippen molar-refractivity contribution >= 4 is 5.69 Å². The Morgan fingerprint density at radius 2 is 1.63 bits per heavy atom. The van der Waals surface area contributed by atoms with Gasteiger partial charge in [0.05, 0.1) is 6.10 Å². The molecular weight excluding hydrogens is 238 g/mol. The van der Waals surface area contributed by atoms with Gasteiger partial charge in [0.15, 0.2) is 0 Å². The van der Waals surface area contributed by atoms with E-state index < -0.39 is 6.10 Å². The van der Waals surface area contributed by atoms with Crippen LogP contribution in [0.2, 0.25) is 0 Å². The highest BCUT2D eigenvalue weighted by Crippen LogP contribution is 2.18. The van der Waals surface area contributed by atoms with Crippen LogP contribution in [0.5, 0.6) is 5.75 Å². The largest absolute Gasteiger partial charge is 0.508 e. The van der Waals surface area contributed by atoms with Crippen LogP contribution in [0, 0.1) is 0 Å². The van der Waals surface area contributed by atoms with E-state index in [1.54, 1.807) is 12.1 Å². The van der Waals surface area contributed by atoms with Gasteiger partial charge in [-0.25, -0.2) is 0 Å². The number of aromatic hydroxyl groups is 1. The quantitative estimate of drug-likeness (QED) is 0.549. The minimum Gasteiger partial charge on any atom is -0.508 e. The van der Waals surface area contributed by atoms with Crippen LogP contribution in [-0.2, 0) is 0 Å². The minimum absolute atomic E-state index is 0.269. The second kappa shape index (κ2) is 6.81. The van der Waals surface area contributed by atoms with Crippen molar-refractivity contribution in [2.24, 2.45) is 0 Å². The summed E-state index contributed by atoms with van der Waals surface area (Å²) in [7, 11) is 0. The molecule has 19 heavy (non-hydrogen) atoms. The zero-order chi connectivity index (χ0) is 13.5. The molecule has 0 saturated carbocycles. The molecule has 3 N–H and O–H groups in total. The summed E-state index contributed by atoms with van der Waals surface area (Å²) in [5.74, 6) is 0.269. The number of rotatable bonds is 6. The highest BCUT2D eigenvalue weighted by Gasteiger charge is 2.05. The highest BCUT2D eigenvalue weighted by molar-refractivity contribution is 5.45. The molecule has 1 unspecified atom stereocenters. The van der Waals surface area contributed by atoms with Crippen LogP contribution in [0.4, 0.5) is 5.69 Å². The lowest BCUT2D eigenvalue weighted by molar-refractivity contribution is 0.166. The van der Waals surface area contributed by atoms with Crippen molar-refractivity contribution < 1.29 is 10.2 Å². The first-order valence-electron chi connectivity index (χ1n) is 6.51. The van der Waals surface area contributed by atoms with E-state index in [1.165, 1.54) is 0 Å². The standard InChI is InChI=1S/C16H19NO2/c18-15-10-8-14(9-11-15)17-12-4-7-16(19)13-5-2-1-3-6-13/h1-3,5-6,8-11,16-19H,4,7,12H2. The monoisotopic (exact) mass is 257 g/mol. The number of phenols is 1. The summed E-state index contributed by atoms with van der Waals surface area (Å²) in [6, 6.07) is 16.7. The molecule has 2 aromatic carbocycles. The van der Waals surface area contributed by atoms with Crippen molar-refractivity contribution in [3.05, 3.63) is 60.2 Å². The van der Waals surface area contributed by atoms with E-state index in [9.17, 15) is 5.11 Å². The molecule has 0 heterocycles. The van der Waals surface area contributed by atoms with E-state index in [4.69, 9.17) is 5.11 Å². The van der Waals surface area contributed by atoms with Gasteiger partial charge in [0, 0.05) is 12.2 Å². The maximum absolute atomic E-state index is 9.99. The van der Waals surface area contributed by atoms with Gasteiger partial charge in [0.25, 0.3) is 0 Å². The second-order valence-corrected chi connectivity index (χ2v) is 4.54. The van der Waals surface area contributed by atoms with E-state index in [2.05, 4.69) is 5.32 Å². The lowest BCUT2D eigenvalue weighted by Crippen LogP contribution is -2.04. The number of phenolic OH excluding ortho intramolecular Hbond substituents is 1. The molecule has 0 aliphatic carbocycles. The van der Waals surface area contributed by atoms with Crippen molar-refractivity contribution in [3.63, 3.8) is 0 Å². The Hall–Kier alpha value is -2.00. The molecule has 0 aromatic heterocycles. The molecule has 0 spiro atoms. The molecule has 2 aromatic rings. The molecule has 0 fully saturated rings. The van der Waals surface area contributed by atoms with Crippen molar-refractivity contribution in [1.82, 2.24) is 0 Å². The van der Waals surface area contributed by atoms with Gasteiger partial charge < -0.3 is 15.5 Å². The first kappa shape index (κ1) is 13.4. The topological polar surface area (TPSA) is 52.5 Å². The average molecular weight is 257 g/mol. The van der Waals surface area contributed by atoms with E-state index in [0.29, 0.717) is 0 Å². The van der Waals surface area contributed by atoms with Crippen LogP contribution < -0.4 is 5.32 Å². The molecule has 3 heteroatoms. The zero-order valence-corrected chi connectivity index (χ0v) is 10.8. The first-order valence-corrected chi connectivity index (χ1v) is 6.51. The van der Waals surface area contributed by atoms with E-state index >= 15 is 0 Å². The minimum atomic E-state index is -0.400. The number of benzene rings is 2. The van der Waals surface area contributed by atoms with Crippen LogP contribution in [0.3, 0.4) is 0 Å². The maximum Gasteiger partial charge on any atom is 0.115 e. The summed E-state index contributed by atoms with van der Waals surface area (Å²) in [5, 5.41) is 22.4. The summed E-state index contributed by atoms with van der Waals surface area (Å²) in [4.78, 5) is 0. The molecule has 1 atom stereocenters. The predicted octanol–water partition coefficient (Wildman–Crippen LogP) is 3.32. The number of aliphatic hydroxyl groups is 1. The van der Waals surface area contributed by atoms with Gasteiger partial charge in [0.1, 0.15) is 5.75 Å². The van der Waals surface area contributed by atoms with Crippen LogP contribution in [0.15, 0.2) is 54.6 Å². The fourth-order valence-corrected chi connectivity index (χ4v) is 1.95. The molecular formula is C16H19NO2. The summed E-state index contributed by atoms with van der Waals surface area (Å²) in [6.45, 7) is 0.800. The number of aliphatic hydroxyl groups excluding tert-OH is 1. The molecule has 0 aliphatic rings. The number of anilines is 1. The van der Waals surface area contributed by atoms with Crippen molar-refractivity contribution in [2.45, 2.75) is 18.9 Å². The predicted molar refractivity (Wildman–Crippen MR) is 77.2 cm³/mol. The number of hydrogen-bond acceptors (Lipinski definition) is 3. The fraction of sp³-hybridized carbons (Fsp3) is 0.250. The zero-order valence-electron chi connectivity index (χ0n) is 10.8. The summed E-state index contributed by atoms with van der Waals surface area (Å²) in [6.07, 6.45) is 1.22. The molecule has 100 valence electrons. The summed E-state index contributed by atoms with van der Waals surface area (Å²) in [5.41, 5.74) is 1.94. The Morgan fingerprint density at radius 3 is 2.32 bits per heavy atom. The lowest BCUT2D eigenvalue weighted by Gasteiger charge is -2.11. The summed E-state index contributed by atoms with van der Waals surface area (Å²) < 4.78 is 0. The van der Waals surface area contributed by atoms with Crippen molar-refractivity contribution in [1.29, 1.82) is 0 Å². The van der Waals surface area contributed by atoms with Crippen LogP contribution in [-0.4, -0.2) is 16.8 Å². The van der Waals surface area contributed by atoms with Crippen LogP contribution in [0.1, 0.15) is 24.5 Å². The SMILES string of the molecule is Oc1ccc(NCCCC(O)c2ccccc2)cc1. The number of hydrogen-bond donors (Lipinski definition) is 3. The van der Waals surface area contributed by atoms with Gasteiger partial charge in [0.2, 0.25) is 0 Å². The first-order chi connectivity index (χ1) is 9.25. The van der Waals surface area contributed by atoms with Gasteiger partial charge >= 0.3 is 0 Å². The summed E-state index contributed by atoms with van der Waals surface area (Å²) >= 11 is 0. The fourth-order valence-electron chi connectivity index (χ4n) is 1.95. The molecule has 2 rings (SSSR count). The maximum atomic E-state index is 9.99. The molecule has 0 bridgehead atoms. The molecule has 0 saturated heterocycles. The van der Waals surface area contributed by atoms with Gasteiger partial charge in [-0.2, -0.15) is 0 Å². The highest BCUT2D eigenvalue weighted by atomic mass is 16.3. The van der Waals surface area contributed by atoms with Crippen LogP contribution in [0.25, 0.3) is 0 Å². The average Bonchev–Trinajstić information content (AvgIpc) is 2.46. The Kier molecular flexibility index (Phi) is 4.81. The smallest absolute Gasteiger partial charge is 0.115 e. The Labute approximate surface area is 113 Å². The van der Waals surface area contributed by atoms with Gasteiger partial charge in [-0.05, 0) is 42.7 Å². The van der Waals surface area contributed by atoms with Crippen molar-refractivity contribution in [3.8, 4) is 5.75 Å². The third kappa shape index (κ3) is 4.30. The molecule has 0 radical (unpaired) electrons. The van der Waals surface area contributed by atoms with Gasteiger partial charge in [-0.15, -0.1) is 0 Å². The molecule has 3 nitrogen and oxygen atoms in total. The van der Waals surface area contributed by atoms with E-state index in [0.717, 1.165) is 30.6 Å². The normalized spacial score (nSPS) is 12.1. The van der Waals surface area contributed by atoms with Crippen molar-refractivity contribution in [2.75, 3.05) is 11.9 Å². The third-order valence-corrected chi connectivity index (χ3v) is 3.04. The van der Waals surface area contributed by atoms with Gasteiger partial charge in [-0.1, -0.05) is 30.3 Å². The molecule has 0 aliphatic heterocycles. The molecule has 0 amide bonds. The Morgan fingerprint density at radius 1 is 0.947 bits per heavy atom. The van der Waals surface area contributed by atoms with Crippen LogP contribution >= 0.6 is 0 Å². The lowest BCUT2D eigenvalue weighted by atomic mass is 10.1. The van der Waals surface area contributed by atoms with E-state index in [-0.39, 0.29) is 5.75 Å². The number of nitrogens with one attached hydrogen (secondary N) is 1. The third-order valence-electron chi connectivity index (χ3n) is 3.04.